The molecule has 0 aliphatic heterocycles. The Morgan fingerprint density at radius 1 is 1.17 bits per heavy atom. The Morgan fingerprint density at radius 3 is 2.28 bits per heavy atom. The number of ether oxygens (including phenoxy) is 2. The maximum absolute atomic E-state index is 6.05. The van der Waals surface area contributed by atoms with Crippen LogP contribution < -0.4 is 10.5 Å². The maximum atomic E-state index is 6.05. The molecule has 3 nitrogen and oxygen atoms in total. The number of rotatable bonds is 6. The second kappa shape index (κ2) is 6.76. The van der Waals surface area contributed by atoms with Gasteiger partial charge in [0, 0.05) is 13.2 Å². The van der Waals surface area contributed by atoms with Gasteiger partial charge in [0.2, 0.25) is 0 Å². The van der Waals surface area contributed by atoms with Crippen LogP contribution in [0.4, 0.5) is 0 Å². The van der Waals surface area contributed by atoms with Crippen LogP contribution in [0.5, 0.6) is 5.75 Å². The fraction of sp³-hybridized carbons (Fsp3) is 0.600. The van der Waals surface area contributed by atoms with E-state index in [1.807, 2.05) is 12.1 Å². The molecule has 3 heteroatoms. The van der Waals surface area contributed by atoms with Crippen molar-refractivity contribution in [1.29, 1.82) is 0 Å². The lowest BCUT2D eigenvalue weighted by Gasteiger charge is -2.26. The summed E-state index contributed by atoms with van der Waals surface area (Å²) in [6, 6.07) is 8.14. The summed E-state index contributed by atoms with van der Waals surface area (Å²) in [5.74, 6) is 0.871. The van der Waals surface area contributed by atoms with Crippen LogP contribution in [0.15, 0.2) is 24.3 Å². The van der Waals surface area contributed by atoms with Crippen LogP contribution in [-0.2, 0) is 11.2 Å². The van der Waals surface area contributed by atoms with Crippen molar-refractivity contribution in [3.8, 4) is 5.75 Å². The van der Waals surface area contributed by atoms with Gasteiger partial charge in [-0.15, -0.1) is 0 Å². The van der Waals surface area contributed by atoms with E-state index in [1.165, 1.54) is 5.56 Å². The molecule has 0 saturated carbocycles. The Labute approximate surface area is 110 Å². The van der Waals surface area contributed by atoms with Gasteiger partial charge < -0.3 is 15.2 Å². The third-order valence-electron chi connectivity index (χ3n) is 3.06. The van der Waals surface area contributed by atoms with Gasteiger partial charge in [0.1, 0.15) is 12.4 Å². The molecule has 0 aliphatic carbocycles. The SMILES string of the molecule is COCCc1ccc(OCC(N)C(C)(C)C)cc1. The lowest BCUT2D eigenvalue weighted by Crippen LogP contribution is -2.40. The predicted octanol–water partition coefficient (Wildman–Crippen LogP) is 2.63. The topological polar surface area (TPSA) is 44.5 Å². The summed E-state index contributed by atoms with van der Waals surface area (Å²) < 4.78 is 10.7. The van der Waals surface area contributed by atoms with E-state index in [0.717, 1.165) is 18.8 Å². The van der Waals surface area contributed by atoms with Crippen molar-refractivity contribution in [3.05, 3.63) is 29.8 Å². The molecule has 0 aliphatic rings. The molecular formula is C15H25NO2. The van der Waals surface area contributed by atoms with Crippen molar-refractivity contribution in [2.45, 2.75) is 33.2 Å². The summed E-state index contributed by atoms with van der Waals surface area (Å²) in [4.78, 5) is 0. The van der Waals surface area contributed by atoms with Crippen molar-refractivity contribution in [3.63, 3.8) is 0 Å². The first-order valence-corrected chi connectivity index (χ1v) is 6.39. The second-order valence-corrected chi connectivity index (χ2v) is 5.67. The molecule has 0 aromatic heterocycles. The van der Waals surface area contributed by atoms with Gasteiger partial charge in [-0.3, -0.25) is 0 Å². The zero-order chi connectivity index (χ0) is 13.6. The van der Waals surface area contributed by atoms with E-state index < -0.39 is 0 Å². The van der Waals surface area contributed by atoms with Crippen molar-refractivity contribution in [2.75, 3.05) is 20.3 Å². The van der Waals surface area contributed by atoms with E-state index >= 15 is 0 Å². The fourth-order valence-electron chi connectivity index (χ4n) is 1.41. The third-order valence-corrected chi connectivity index (χ3v) is 3.06. The van der Waals surface area contributed by atoms with E-state index in [2.05, 4.69) is 32.9 Å². The van der Waals surface area contributed by atoms with Crippen molar-refractivity contribution in [1.82, 2.24) is 0 Å². The van der Waals surface area contributed by atoms with E-state index in [4.69, 9.17) is 15.2 Å². The molecule has 102 valence electrons. The molecule has 18 heavy (non-hydrogen) atoms. The van der Waals surface area contributed by atoms with Crippen LogP contribution >= 0.6 is 0 Å². The number of nitrogens with two attached hydrogens (primary N) is 1. The molecule has 1 rings (SSSR count). The second-order valence-electron chi connectivity index (χ2n) is 5.67. The van der Waals surface area contributed by atoms with Gasteiger partial charge in [-0.05, 0) is 29.5 Å². The Morgan fingerprint density at radius 2 is 1.78 bits per heavy atom. The molecule has 0 fully saturated rings. The molecule has 1 unspecified atom stereocenters. The molecule has 1 aromatic rings. The normalized spacial score (nSPS) is 13.4. The quantitative estimate of drug-likeness (QED) is 0.845. The summed E-state index contributed by atoms with van der Waals surface area (Å²) in [5.41, 5.74) is 7.37. The minimum absolute atomic E-state index is 0.0330. The largest absolute Gasteiger partial charge is 0.492 e. The number of methoxy groups -OCH3 is 1. The Balaban J connectivity index is 2.44. The Hall–Kier alpha value is -1.06. The Bertz CT molecular complexity index is 341. The van der Waals surface area contributed by atoms with Crippen molar-refractivity contribution in [2.24, 2.45) is 11.1 Å². The monoisotopic (exact) mass is 251 g/mol. The molecule has 0 saturated heterocycles. The van der Waals surface area contributed by atoms with Crippen molar-refractivity contribution < 1.29 is 9.47 Å². The van der Waals surface area contributed by atoms with Gasteiger partial charge in [-0.2, -0.15) is 0 Å². The van der Waals surface area contributed by atoms with E-state index in [9.17, 15) is 0 Å². The standard InChI is InChI=1S/C15H25NO2/c1-15(2,3)14(16)11-18-13-7-5-12(6-8-13)9-10-17-4/h5-8,14H,9-11,16H2,1-4H3. The van der Waals surface area contributed by atoms with Gasteiger partial charge in [0.15, 0.2) is 0 Å². The fourth-order valence-corrected chi connectivity index (χ4v) is 1.41. The molecule has 1 atom stereocenters. The van der Waals surface area contributed by atoms with Crippen LogP contribution in [-0.4, -0.2) is 26.4 Å². The number of hydrogen-bond donors (Lipinski definition) is 1. The number of hydrogen-bond acceptors (Lipinski definition) is 3. The highest BCUT2D eigenvalue weighted by Gasteiger charge is 2.20. The molecule has 0 heterocycles. The first-order valence-electron chi connectivity index (χ1n) is 6.39. The maximum Gasteiger partial charge on any atom is 0.119 e. The third kappa shape index (κ3) is 5.07. The smallest absolute Gasteiger partial charge is 0.119 e. The minimum Gasteiger partial charge on any atom is -0.492 e. The molecule has 0 spiro atoms. The molecule has 1 aromatic carbocycles. The van der Waals surface area contributed by atoms with E-state index in [-0.39, 0.29) is 11.5 Å². The predicted molar refractivity (Wildman–Crippen MR) is 74.9 cm³/mol. The molecule has 0 bridgehead atoms. The van der Waals surface area contributed by atoms with Gasteiger partial charge in [-0.25, -0.2) is 0 Å². The summed E-state index contributed by atoms with van der Waals surface area (Å²) in [5, 5.41) is 0. The van der Waals surface area contributed by atoms with Crippen molar-refractivity contribution >= 4 is 0 Å². The molecular weight excluding hydrogens is 226 g/mol. The summed E-state index contributed by atoms with van der Waals surface area (Å²) in [6.07, 6.45) is 0.929. The highest BCUT2D eigenvalue weighted by molar-refractivity contribution is 5.27. The first-order chi connectivity index (χ1) is 8.43. The lowest BCUT2D eigenvalue weighted by atomic mass is 9.88. The Kier molecular flexibility index (Phi) is 5.63. The average Bonchev–Trinajstić information content (AvgIpc) is 2.33. The zero-order valence-corrected chi connectivity index (χ0v) is 11.9. The molecule has 0 radical (unpaired) electrons. The van der Waals surface area contributed by atoms with Gasteiger partial charge in [0.25, 0.3) is 0 Å². The van der Waals surface area contributed by atoms with Crippen LogP contribution in [0.25, 0.3) is 0 Å². The van der Waals surface area contributed by atoms with Gasteiger partial charge in [0.05, 0.1) is 6.61 Å². The van der Waals surface area contributed by atoms with Crippen LogP contribution in [0, 0.1) is 5.41 Å². The first kappa shape index (κ1) is 15.0. The molecule has 0 amide bonds. The van der Waals surface area contributed by atoms with E-state index in [1.54, 1.807) is 7.11 Å². The highest BCUT2D eigenvalue weighted by Crippen LogP contribution is 2.19. The lowest BCUT2D eigenvalue weighted by molar-refractivity contribution is 0.201. The molecule has 2 N–H and O–H groups in total. The van der Waals surface area contributed by atoms with Gasteiger partial charge in [-0.1, -0.05) is 32.9 Å². The minimum atomic E-state index is 0.0330. The summed E-state index contributed by atoms with van der Waals surface area (Å²) in [6.45, 7) is 7.65. The van der Waals surface area contributed by atoms with Crippen LogP contribution in [0.1, 0.15) is 26.3 Å². The van der Waals surface area contributed by atoms with E-state index in [0.29, 0.717) is 6.61 Å². The summed E-state index contributed by atoms with van der Waals surface area (Å²) >= 11 is 0. The average molecular weight is 251 g/mol. The highest BCUT2D eigenvalue weighted by atomic mass is 16.5. The van der Waals surface area contributed by atoms with Gasteiger partial charge >= 0.3 is 0 Å². The summed E-state index contributed by atoms with van der Waals surface area (Å²) in [7, 11) is 1.71. The van der Waals surface area contributed by atoms with Crippen LogP contribution in [0.3, 0.4) is 0 Å². The van der Waals surface area contributed by atoms with Crippen LogP contribution in [0.2, 0.25) is 0 Å². The zero-order valence-electron chi connectivity index (χ0n) is 11.9. The number of benzene rings is 1.